The molecule has 1 aromatic carbocycles. The van der Waals surface area contributed by atoms with Crippen molar-refractivity contribution in [3.8, 4) is 11.5 Å². The number of benzene rings is 1. The molecular formula is C13H18BrNO3. The standard InChI is InChI=1S/C13H18BrNO3/c1-3-4-5-6-18-13-10(9-15-16)7-11(14)8-12(13)17-2/h7-9,16H,3-6H2,1-2H3. The van der Waals surface area contributed by atoms with Gasteiger partial charge in [-0.15, -0.1) is 0 Å². The first-order valence-corrected chi connectivity index (χ1v) is 6.70. The number of hydrogen-bond acceptors (Lipinski definition) is 4. The van der Waals surface area contributed by atoms with Gasteiger partial charge in [0, 0.05) is 10.0 Å². The summed E-state index contributed by atoms with van der Waals surface area (Å²) in [6.07, 6.45) is 4.60. The number of oxime groups is 1. The van der Waals surface area contributed by atoms with Crippen LogP contribution in [0.3, 0.4) is 0 Å². The molecule has 0 aliphatic heterocycles. The van der Waals surface area contributed by atoms with Crippen molar-refractivity contribution >= 4 is 22.1 Å². The summed E-state index contributed by atoms with van der Waals surface area (Å²) in [6, 6.07) is 3.64. The molecule has 1 rings (SSSR count). The third-order valence-corrected chi connectivity index (χ3v) is 2.92. The Balaban J connectivity index is 2.90. The Bertz CT molecular complexity index is 407. The lowest BCUT2D eigenvalue weighted by molar-refractivity contribution is 0.285. The predicted molar refractivity (Wildman–Crippen MR) is 75.1 cm³/mol. The van der Waals surface area contributed by atoms with Gasteiger partial charge in [-0.05, 0) is 18.6 Å². The molecule has 0 saturated carbocycles. The van der Waals surface area contributed by atoms with Crippen LogP contribution < -0.4 is 9.47 Å². The van der Waals surface area contributed by atoms with Gasteiger partial charge < -0.3 is 14.7 Å². The van der Waals surface area contributed by atoms with Crippen LogP contribution in [-0.2, 0) is 0 Å². The molecule has 5 heteroatoms. The number of ether oxygens (including phenoxy) is 2. The largest absolute Gasteiger partial charge is 0.493 e. The second-order valence-corrected chi connectivity index (χ2v) is 4.74. The maximum absolute atomic E-state index is 8.67. The van der Waals surface area contributed by atoms with Gasteiger partial charge in [0.15, 0.2) is 11.5 Å². The zero-order valence-corrected chi connectivity index (χ0v) is 12.2. The molecular weight excluding hydrogens is 298 g/mol. The van der Waals surface area contributed by atoms with Crippen LogP contribution in [0.1, 0.15) is 31.7 Å². The Hall–Kier alpha value is -1.23. The minimum Gasteiger partial charge on any atom is -0.493 e. The first-order chi connectivity index (χ1) is 8.72. The molecule has 18 heavy (non-hydrogen) atoms. The molecule has 0 saturated heterocycles. The van der Waals surface area contributed by atoms with Crippen molar-refractivity contribution in [3.05, 3.63) is 22.2 Å². The molecule has 0 unspecified atom stereocenters. The van der Waals surface area contributed by atoms with E-state index in [-0.39, 0.29) is 0 Å². The van der Waals surface area contributed by atoms with Crippen molar-refractivity contribution in [3.63, 3.8) is 0 Å². The maximum atomic E-state index is 8.67. The molecule has 4 nitrogen and oxygen atoms in total. The lowest BCUT2D eigenvalue weighted by Crippen LogP contribution is -2.02. The number of nitrogens with zero attached hydrogens (tertiary/aromatic N) is 1. The van der Waals surface area contributed by atoms with Crippen molar-refractivity contribution in [2.24, 2.45) is 5.16 Å². The van der Waals surface area contributed by atoms with E-state index >= 15 is 0 Å². The Morgan fingerprint density at radius 2 is 2.17 bits per heavy atom. The summed E-state index contributed by atoms with van der Waals surface area (Å²) in [5.74, 6) is 1.23. The molecule has 0 radical (unpaired) electrons. The van der Waals surface area contributed by atoms with Crippen molar-refractivity contribution in [1.29, 1.82) is 0 Å². The molecule has 0 heterocycles. The molecule has 0 amide bonds. The molecule has 1 N–H and O–H groups in total. The van der Waals surface area contributed by atoms with Crippen molar-refractivity contribution in [2.75, 3.05) is 13.7 Å². The van der Waals surface area contributed by atoms with Gasteiger partial charge in [0.25, 0.3) is 0 Å². The fourth-order valence-corrected chi connectivity index (χ4v) is 2.03. The monoisotopic (exact) mass is 315 g/mol. The lowest BCUT2D eigenvalue weighted by atomic mass is 10.2. The summed E-state index contributed by atoms with van der Waals surface area (Å²) in [4.78, 5) is 0. The molecule has 0 spiro atoms. The van der Waals surface area contributed by atoms with Crippen LogP contribution in [0.4, 0.5) is 0 Å². The number of rotatable bonds is 7. The molecule has 0 aliphatic rings. The van der Waals surface area contributed by atoms with Gasteiger partial charge in [-0.1, -0.05) is 40.9 Å². The van der Waals surface area contributed by atoms with Crippen LogP contribution in [0, 0.1) is 0 Å². The van der Waals surface area contributed by atoms with E-state index in [1.165, 1.54) is 6.21 Å². The Morgan fingerprint density at radius 1 is 1.39 bits per heavy atom. The third kappa shape index (κ3) is 4.22. The minimum atomic E-state index is 0.606. The van der Waals surface area contributed by atoms with Crippen LogP contribution in [0.15, 0.2) is 21.8 Å². The fraction of sp³-hybridized carbons (Fsp3) is 0.462. The highest BCUT2D eigenvalue weighted by atomic mass is 79.9. The summed E-state index contributed by atoms with van der Waals surface area (Å²) in [5, 5.41) is 11.7. The second-order valence-electron chi connectivity index (χ2n) is 3.83. The average Bonchev–Trinajstić information content (AvgIpc) is 2.36. The third-order valence-electron chi connectivity index (χ3n) is 2.46. The summed E-state index contributed by atoms with van der Waals surface area (Å²) in [7, 11) is 1.58. The quantitative estimate of drug-likeness (QED) is 0.360. The Kier molecular flexibility index (Phi) is 6.57. The molecule has 0 bridgehead atoms. The van der Waals surface area contributed by atoms with Gasteiger partial charge in [-0.25, -0.2) is 0 Å². The molecule has 100 valence electrons. The SMILES string of the molecule is CCCCCOc1c(C=NO)cc(Br)cc1OC. The van der Waals surface area contributed by atoms with Crippen LogP contribution >= 0.6 is 15.9 Å². The molecule has 0 aromatic heterocycles. The van der Waals surface area contributed by atoms with E-state index in [2.05, 4.69) is 28.0 Å². The van der Waals surface area contributed by atoms with E-state index in [0.717, 1.165) is 23.7 Å². The van der Waals surface area contributed by atoms with E-state index in [0.29, 0.717) is 23.7 Å². The van der Waals surface area contributed by atoms with Gasteiger partial charge in [-0.3, -0.25) is 0 Å². The zero-order valence-electron chi connectivity index (χ0n) is 10.6. The van der Waals surface area contributed by atoms with Gasteiger partial charge >= 0.3 is 0 Å². The van der Waals surface area contributed by atoms with Crippen LogP contribution in [0.2, 0.25) is 0 Å². The number of unbranched alkanes of at least 4 members (excludes halogenated alkanes) is 2. The predicted octanol–water partition coefficient (Wildman–Crippen LogP) is 3.83. The van der Waals surface area contributed by atoms with Crippen LogP contribution in [0.5, 0.6) is 11.5 Å². The maximum Gasteiger partial charge on any atom is 0.170 e. The van der Waals surface area contributed by atoms with Gasteiger partial charge in [-0.2, -0.15) is 0 Å². The van der Waals surface area contributed by atoms with E-state index in [1.807, 2.05) is 12.1 Å². The molecule has 0 fully saturated rings. The van der Waals surface area contributed by atoms with Crippen molar-refractivity contribution in [2.45, 2.75) is 26.2 Å². The summed E-state index contributed by atoms with van der Waals surface area (Å²) in [6.45, 7) is 2.77. The Morgan fingerprint density at radius 3 is 2.78 bits per heavy atom. The van der Waals surface area contributed by atoms with Gasteiger partial charge in [0.1, 0.15) is 0 Å². The number of hydrogen-bond donors (Lipinski definition) is 1. The van der Waals surface area contributed by atoms with E-state index in [1.54, 1.807) is 7.11 Å². The molecule has 1 aromatic rings. The topological polar surface area (TPSA) is 51.0 Å². The van der Waals surface area contributed by atoms with E-state index in [9.17, 15) is 0 Å². The molecule has 0 atom stereocenters. The normalized spacial score (nSPS) is 10.8. The number of methoxy groups -OCH3 is 1. The summed E-state index contributed by atoms with van der Waals surface area (Å²) < 4.78 is 11.8. The fourth-order valence-electron chi connectivity index (χ4n) is 1.58. The average molecular weight is 316 g/mol. The van der Waals surface area contributed by atoms with Crippen molar-refractivity contribution < 1.29 is 14.7 Å². The van der Waals surface area contributed by atoms with Crippen molar-refractivity contribution in [1.82, 2.24) is 0 Å². The van der Waals surface area contributed by atoms with Crippen LogP contribution in [-0.4, -0.2) is 25.1 Å². The second kappa shape index (κ2) is 7.97. The summed E-state index contributed by atoms with van der Waals surface area (Å²) >= 11 is 3.37. The van der Waals surface area contributed by atoms with E-state index < -0.39 is 0 Å². The van der Waals surface area contributed by atoms with E-state index in [4.69, 9.17) is 14.7 Å². The highest BCUT2D eigenvalue weighted by Gasteiger charge is 2.11. The minimum absolute atomic E-state index is 0.606. The lowest BCUT2D eigenvalue weighted by Gasteiger charge is -2.13. The first-order valence-electron chi connectivity index (χ1n) is 5.90. The van der Waals surface area contributed by atoms with Gasteiger partial charge in [0.05, 0.1) is 19.9 Å². The zero-order chi connectivity index (χ0) is 13.4. The first kappa shape index (κ1) is 14.8. The highest BCUT2D eigenvalue weighted by molar-refractivity contribution is 9.10. The smallest absolute Gasteiger partial charge is 0.170 e. The number of halogens is 1. The molecule has 0 aliphatic carbocycles. The Labute approximate surface area is 116 Å². The van der Waals surface area contributed by atoms with Gasteiger partial charge in [0.2, 0.25) is 0 Å². The van der Waals surface area contributed by atoms with Crippen LogP contribution in [0.25, 0.3) is 0 Å². The summed E-state index contributed by atoms with van der Waals surface area (Å²) in [5.41, 5.74) is 0.681. The highest BCUT2D eigenvalue weighted by Crippen LogP contribution is 2.34.